The summed E-state index contributed by atoms with van der Waals surface area (Å²) in [5.41, 5.74) is 0.232. The zero-order valence-electron chi connectivity index (χ0n) is 6.88. The van der Waals surface area contributed by atoms with Crippen molar-refractivity contribution in [3.63, 3.8) is 0 Å². The summed E-state index contributed by atoms with van der Waals surface area (Å²) in [6, 6.07) is 1.33. The van der Waals surface area contributed by atoms with Crippen molar-refractivity contribution in [1.29, 1.82) is 0 Å². The molecule has 0 saturated carbocycles. The zero-order valence-corrected chi connectivity index (χ0v) is 8.47. The molecule has 0 radical (unpaired) electrons. The summed E-state index contributed by atoms with van der Waals surface area (Å²) in [5, 5.41) is 0. The van der Waals surface area contributed by atoms with Crippen LogP contribution in [0.2, 0.25) is 0 Å². The fourth-order valence-electron chi connectivity index (χ4n) is 0.747. The van der Waals surface area contributed by atoms with Gasteiger partial charge in [0, 0.05) is 6.20 Å². The molecule has 5 heteroatoms. The first-order valence-electron chi connectivity index (χ1n) is 3.63. The fraction of sp³-hybridized carbons (Fsp3) is 0.250. The Kier molecular flexibility index (Phi) is 3.36. The summed E-state index contributed by atoms with van der Waals surface area (Å²) in [5.74, 6) is -1.15. The van der Waals surface area contributed by atoms with Gasteiger partial charge in [0.2, 0.25) is 5.95 Å². The fourth-order valence-corrected chi connectivity index (χ4v) is 1.10. The quantitative estimate of drug-likeness (QED) is 0.594. The third-order valence-electron chi connectivity index (χ3n) is 1.31. The SMILES string of the molecule is CCOC(=O)c1cnc(F)c(Br)c1. The van der Waals surface area contributed by atoms with Crippen LogP contribution in [0.3, 0.4) is 0 Å². The molecule has 3 nitrogen and oxygen atoms in total. The van der Waals surface area contributed by atoms with Gasteiger partial charge in [-0.15, -0.1) is 0 Å². The number of hydrogen-bond donors (Lipinski definition) is 0. The van der Waals surface area contributed by atoms with E-state index in [4.69, 9.17) is 4.74 Å². The minimum atomic E-state index is -0.645. The smallest absolute Gasteiger partial charge is 0.339 e. The van der Waals surface area contributed by atoms with E-state index in [1.54, 1.807) is 6.92 Å². The second-order valence-corrected chi connectivity index (χ2v) is 3.07. The van der Waals surface area contributed by atoms with E-state index in [-0.39, 0.29) is 16.6 Å². The van der Waals surface area contributed by atoms with Gasteiger partial charge in [-0.1, -0.05) is 0 Å². The number of pyridine rings is 1. The third kappa shape index (κ3) is 2.48. The number of nitrogens with zero attached hydrogens (tertiary/aromatic N) is 1. The lowest BCUT2D eigenvalue weighted by atomic mass is 10.3. The number of ether oxygens (including phenoxy) is 1. The molecule has 0 unspecified atom stereocenters. The highest BCUT2D eigenvalue weighted by Crippen LogP contribution is 2.14. The molecule has 0 aromatic carbocycles. The standard InChI is InChI=1S/C8H7BrFNO2/c1-2-13-8(12)5-3-6(9)7(10)11-4-5/h3-4H,2H2,1H3. The van der Waals surface area contributed by atoms with Crippen molar-refractivity contribution >= 4 is 21.9 Å². The van der Waals surface area contributed by atoms with Crippen LogP contribution in [-0.4, -0.2) is 17.6 Å². The third-order valence-corrected chi connectivity index (χ3v) is 1.86. The van der Waals surface area contributed by atoms with Gasteiger partial charge in [-0.2, -0.15) is 4.39 Å². The van der Waals surface area contributed by atoms with E-state index >= 15 is 0 Å². The average Bonchev–Trinajstić information content (AvgIpc) is 2.10. The number of halogens is 2. The van der Waals surface area contributed by atoms with E-state index in [0.29, 0.717) is 0 Å². The summed E-state index contributed by atoms with van der Waals surface area (Å²) < 4.78 is 17.5. The molecule has 1 aromatic heterocycles. The van der Waals surface area contributed by atoms with Gasteiger partial charge in [0.05, 0.1) is 16.6 Å². The van der Waals surface area contributed by atoms with Crippen LogP contribution in [0.1, 0.15) is 17.3 Å². The van der Waals surface area contributed by atoms with Crippen molar-refractivity contribution < 1.29 is 13.9 Å². The van der Waals surface area contributed by atoms with Gasteiger partial charge in [0.25, 0.3) is 0 Å². The first-order valence-corrected chi connectivity index (χ1v) is 4.42. The minimum absolute atomic E-state index is 0.151. The van der Waals surface area contributed by atoms with E-state index in [1.807, 2.05) is 0 Å². The predicted molar refractivity (Wildman–Crippen MR) is 47.9 cm³/mol. The van der Waals surface area contributed by atoms with Crippen molar-refractivity contribution in [3.05, 3.63) is 28.2 Å². The molecule has 0 spiro atoms. The van der Waals surface area contributed by atoms with E-state index in [1.165, 1.54) is 6.07 Å². The summed E-state index contributed by atoms with van der Waals surface area (Å²) in [6.07, 6.45) is 1.14. The first kappa shape index (κ1) is 10.1. The molecule has 0 fully saturated rings. The Labute approximate surface area is 83.1 Å². The lowest BCUT2D eigenvalue weighted by molar-refractivity contribution is 0.0525. The lowest BCUT2D eigenvalue weighted by Crippen LogP contribution is -2.05. The number of rotatable bonds is 2. The molecule has 0 aliphatic heterocycles. The van der Waals surface area contributed by atoms with Crippen LogP contribution in [0.4, 0.5) is 4.39 Å². The maximum absolute atomic E-state index is 12.6. The Morgan fingerprint density at radius 3 is 3.00 bits per heavy atom. The lowest BCUT2D eigenvalue weighted by Gasteiger charge is -2.01. The van der Waals surface area contributed by atoms with Gasteiger partial charge in [0.15, 0.2) is 0 Å². The molecule has 0 amide bonds. The Balaban J connectivity index is 2.90. The second-order valence-electron chi connectivity index (χ2n) is 2.22. The summed E-state index contributed by atoms with van der Waals surface area (Å²) in [4.78, 5) is 14.5. The van der Waals surface area contributed by atoms with Crippen molar-refractivity contribution in [2.24, 2.45) is 0 Å². The van der Waals surface area contributed by atoms with Crippen LogP contribution >= 0.6 is 15.9 Å². The van der Waals surface area contributed by atoms with Crippen molar-refractivity contribution in [1.82, 2.24) is 4.98 Å². The molecule has 0 atom stereocenters. The van der Waals surface area contributed by atoms with Gasteiger partial charge in [-0.3, -0.25) is 0 Å². The molecular weight excluding hydrogens is 241 g/mol. The number of carbonyl (C=O) groups excluding carboxylic acids is 1. The van der Waals surface area contributed by atoms with Crippen molar-refractivity contribution in [2.45, 2.75) is 6.92 Å². The van der Waals surface area contributed by atoms with Crippen molar-refractivity contribution in [3.8, 4) is 0 Å². The Morgan fingerprint density at radius 1 is 1.77 bits per heavy atom. The van der Waals surface area contributed by atoms with Crippen molar-refractivity contribution in [2.75, 3.05) is 6.61 Å². The topological polar surface area (TPSA) is 39.2 Å². The monoisotopic (exact) mass is 247 g/mol. The van der Waals surface area contributed by atoms with E-state index in [0.717, 1.165) is 6.20 Å². The Bertz CT molecular complexity index is 330. The Hall–Kier alpha value is -0.970. The van der Waals surface area contributed by atoms with Gasteiger partial charge >= 0.3 is 5.97 Å². The largest absolute Gasteiger partial charge is 0.462 e. The maximum atomic E-state index is 12.6. The normalized spacial score (nSPS) is 9.77. The highest BCUT2D eigenvalue weighted by Gasteiger charge is 2.09. The van der Waals surface area contributed by atoms with Gasteiger partial charge in [-0.25, -0.2) is 9.78 Å². The molecule has 1 rings (SSSR count). The second kappa shape index (κ2) is 4.32. The van der Waals surface area contributed by atoms with Crippen LogP contribution < -0.4 is 0 Å². The molecule has 70 valence electrons. The molecule has 1 aromatic rings. The highest BCUT2D eigenvalue weighted by molar-refractivity contribution is 9.10. The summed E-state index contributed by atoms with van der Waals surface area (Å²) >= 11 is 2.92. The van der Waals surface area contributed by atoms with Crippen LogP contribution in [-0.2, 0) is 4.74 Å². The van der Waals surface area contributed by atoms with Gasteiger partial charge in [-0.05, 0) is 28.9 Å². The van der Waals surface area contributed by atoms with E-state index in [2.05, 4.69) is 20.9 Å². The predicted octanol–water partition coefficient (Wildman–Crippen LogP) is 2.16. The Morgan fingerprint density at radius 2 is 2.46 bits per heavy atom. The summed E-state index contributed by atoms with van der Waals surface area (Å²) in [7, 11) is 0. The first-order chi connectivity index (χ1) is 6.15. The van der Waals surface area contributed by atoms with E-state index in [9.17, 15) is 9.18 Å². The molecule has 0 saturated heterocycles. The average molecular weight is 248 g/mol. The zero-order chi connectivity index (χ0) is 9.84. The van der Waals surface area contributed by atoms with Gasteiger partial charge < -0.3 is 4.74 Å². The number of carbonyl (C=O) groups is 1. The number of esters is 1. The molecule has 0 aliphatic carbocycles. The van der Waals surface area contributed by atoms with Gasteiger partial charge in [0.1, 0.15) is 0 Å². The van der Waals surface area contributed by atoms with E-state index < -0.39 is 11.9 Å². The molecular formula is C8H7BrFNO2. The maximum Gasteiger partial charge on any atom is 0.339 e. The molecule has 13 heavy (non-hydrogen) atoms. The van der Waals surface area contributed by atoms with Crippen LogP contribution in [0.15, 0.2) is 16.7 Å². The molecule has 1 heterocycles. The number of hydrogen-bond acceptors (Lipinski definition) is 3. The minimum Gasteiger partial charge on any atom is -0.462 e. The number of aromatic nitrogens is 1. The molecule has 0 bridgehead atoms. The molecule has 0 N–H and O–H groups in total. The molecule has 0 aliphatic rings. The van der Waals surface area contributed by atoms with Crippen LogP contribution in [0.25, 0.3) is 0 Å². The van der Waals surface area contributed by atoms with Crippen LogP contribution in [0.5, 0.6) is 0 Å². The highest BCUT2D eigenvalue weighted by atomic mass is 79.9. The van der Waals surface area contributed by atoms with Crippen LogP contribution in [0, 0.1) is 5.95 Å². The summed E-state index contributed by atoms with van der Waals surface area (Å²) in [6.45, 7) is 1.98.